The fourth-order valence-electron chi connectivity index (χ4n) is 3.52. The normalized spacial score (nSPS) is 15.0. The quantitative estimate of drug-likeness (QED) is 0.422. The molecule has 0 saturated heterocycles. The molecule has 0 spiro atoms. The minimum atomic E-state index is -2.29. The number of hydrogen-bond acceptors (Lipinski definition) is 1. The lowest BCUT2D eigenvalue weighted by Gasteiger charge is -2.12. The van der Waals surface area contributed by atoms with E-state index in [2.05, 4.69) is 12.1 Å². The van der Waals surface area contributed by atoms with Crippen LogP contribution < -0.4 is 4.57 Å². The molecule has 2 heteroatoms. The highest BCUT2D eigenvalue weighted by molar-refractivity contribution is 6.09. The Morgan fingerprint density at radius 1 is 1.08 bits per heavy atom. The first kappa shape index (κ1) is 11.9. The standard InChI is InChI=1S/C23H24NO/c1-14(2)19-12-20(24(5)13-16(19)4)22-15(3)10-11-18-17-8-6-7-9-21(17)25-23(18)22/h6-14H,1-5H3/q+1/i4D3,14D. The van der Waals surface area contributed by atoms with Crippen molar-refractivity contribution >= 4 is 21.9 Å². The van der Waals surface area contributed by atoms with Gasteiger partial charge in [-0.25, -0.2) is 4.57 Å². The molecule has 2 aromatic heterocycles. The molecule has 0 N–H and O–H groups in total. The van der Waals surface area contributed by atoms with Gasteiger partial charge in [-0.15, -0.1) is 0 Å². The van der Waals surface area contributed by atoms with E-state index in [0.717, 1.165) is 38.8 Å². The maximum atomic E-state index is 8.55. The minimum absolute atomic E-state index is 0.207. The summed E-state index contributed by atoms with van der Waals surface area (Å²) in [6, 6.07) is 13.9. The molecule has 126 valence electrons. The first-order valence-corrected chi connectivity index (χ1v) is 8.44. The van der Waals surface area contributed by atoms with Crippen LogP contribution in [0.4, 0.5) is 0 Å². The van der Waals surface area contributed by atoms with E-state index in [0.29, 0.717) is 5.56 Å². The van der Waals surface area contributed by atoms with Crippen molar-refractivity contribution in [3.05, 3.63) is 65.4 Å². The van der Waals surface area contributed by atoms with Crippen LogP contribution in [0.3, 0.4) is 0 Å². The highest BCUT2D eigenvalue weighted by Gasteiger charge is 2.22. The average molecular weight is 334 g/mol. The molecule has 0 aliphatic rings. The Kier molecular flexibility index (Phi) is 2.72. The fourth-order valence-corrected chi connectivity index (χ4v) is 3.52. The Bertz CT molecular complexity index is 1250. The molecule has 4 aromatic rings. The molecule has 0 amide bonds. The molecule has 0 aliphatic heterocycles. The van der Waals surface area contributed by atoms with Gasteiger partial charge in [0.2, 0.25) is 5.69 Å². The number of nitrogens with zero attached hydrogens (tertiary/aromatic N) is 1. The largest absolute Gasteiger partial charge is 0.455 e. The van der Waals surface area contributed by atoms with Gasteiger partial charge in [-0.3, -0.25) is 0 Å². The van der Waals surface area contributed by atoms with Crippen molar-refractivity contribution in [2.45, 2.75) is 33.5 Å². The summed E-state index contributed by atoms with van der Waals surface area (Å²) in [5, 5.41) is 2.07. The van der Waals surface area contributed by atoms with E-state index in [1.54, 1.807) is 20.0 Å². The second-order valence-electron chi connectivity index (χ2n) is 6.83. The van der Waals surface area contributed by atoms with Crippen molar-refractivity contribution in [3.8, 4) is 11.3 Å². The van der Waals surface area contributed by atoms with E-state index >= 15 is 0 Å². The summed E-state index contributed by atoms with van der Waals surface area (Å²) < 4.78 is 40.4. The summed E-state index contributed by atoms with van der Waals surface area (Å²) in [4.78, 5) is 0. The van der Waals surface area contributed by atoms with E-state index in [4.69, 9.17) is 9.90 Å². The van der Waals surface area contributed by atoms with Gasteiger partial charge in [-0.1, -0.05) is 44.2 Å². The van der Waals surface area contributed by atoms with Crippen molar-refractivity contribution in [3.63, 3.8) is 0 Å². The Balaban J connectivity index is 2.10. The van der Waals surface area contributed by atoms with Gasteiger partial charge < -0.3 is 4.42 Å². The zero-order chi connectivity index (χ0) is 21.1. The van der Waals surface area contributed by atoms with Gasteiger partial charge in [0.1, 0.15) is 18.2 Å². The molecule has 2 heterocycles. The number of benzene rings is 2. The highest BCUT2D eigenvalue weighted by atomic mass is 16.3. The first-order valence-electron chi connectivity index (χ1n) is 10.4. The molecule has 0 atom stereocenters. The maximum Gasteiger partial charge on any atom is 0.216 e. The van der Waals surface area contributed by atoms with Crippen LogP contribution in [0.25, 0.3) is 33.2 Å². The molecule has 0 aliphatic carbocycles. The monoisotopic (exact) mass is 334 g/mol. The molecule has 25 heavy (non-hydrogen) atoms. The lowest BCUT2D eigenvalue weighted by Crippen LogP contribution is -2.32. The van der Waals surface area contributed by atoms with Gasteiger partial charge in [-0.2, -0.15) is 0 Å². The summed E-state index contributed by atoms with van der Waals surface area (Å²) in [5.41, 5.74) is 5.08. The van der Waals surface area contributed by atoms with E-state index in [9.17, 15) is 0 Å². The highest BCUT2D eigenvalue weighted by Crippen LogP contribution is 2.37. The number of fused-ring (bicyclic) bond motifs is 3. The molecule has 0 bridgehead atoms. The SMILES string of the molecule is [2H]C([2H])([2H])c1c[n+](C)c(-c2c(C)ccc3c2oc2ccccc23)cc1C([2H])(C)C. The molecule has 4 rings (SSSR count). The second kappa shape index (κ2) is 5.73. The molecular formula is C23H24NO+. The van der Waals surface area contributed by atoms with Gasteiger partial charge in [0.05, 0.1) is 5.56 Å². The number of hydrogen-bond donors (Lipinski definition) is 0. The molecule has 0 radical (unpaired) electrons. The average Bonchev–Trinajstić information content (AvgIpc) is 2.98. The summed E-state index contributed by atoms with van der Waals surface area (Å²) >= 11 is 0. The number of aryl methyl sites for hydroxylation is 3. The van der Waals surface area contributed by atoms with Crippen LogP contribution in [0, 0.1) is 13.8 Å². The fraction of sp³-hybridized carbons (Fsp3) is 0.261. The van der Waals surface area contributed by atoms with Gasteiger partial charge in [-0.05, 0) is 36.9 Å². The van der Waals surface area contributed by atoms with Crippen LogP contribution in [0.5, 0.6) is 0 Å². The van der Waals surface area contributed by atoms with E-state index in [1.807, 2.05) is 48.9 Å². The number of furan rings is 1. The lowest BCUT2D eigenvalue weighted by molar-refractivity contribution is -0.660. The predicted molar refractivity (Wildman–Crippen MR) is 104 cm³/mol. The van der Waals surface area contributed by atoms with Gasteiger partial charge in [0.25, 0.3) is 0 Å². The van der Waals surface area contributed by atoms with Gasteiger partial charge >= 0.3 is 0 Å². The Morgan fingerprint density at radius 2 is 1.88 bits per heavy atom. The van der Waals surface area contributed by atoms with Crippen molar-refractivity contribution in [1.29, 1.82) is 0 Å². The Labute approximate surface area is 154 Å². The summed E-state index contributed by atoms with van der Waals surface area (Å²) in [6.45, 7) is 3.17. The zero-order valence-corrected chi connectivity index (χ0v) is 15.0. The summed E-state index contributed by atoms with van der Waals surface area (Å²) in [6.07, 6.45) is 1.63. The minimum Gasteiger partial charge on any atom is -0.455 e. The van der Waals surface area contributed by atoms with Crippen molar-refractivity contribution in [1.82, 2.24) is 0 Å². The maximum absolute atomic E-state index is 8.55. The molecule has 0 unspecified atom stereocenters. The van der Waals surface area contributed by atoms with Crippen LogP contribution in [0.1, 0.15) is 41.9 Å². The number of rotatable bonds is 2. The van der Waals surface area contributed by atoms with Crippen LogP contribution >= 0.6 is 0 Å². The van der Waals surface area contributed by atoms with E-state index in [1.165, 1.54) is 0 Å². The van der Waals surface area contributed by atoms with E-state index < -0.39 is 12.7 Å². The van der Waals surface area contributed by atoms with Gasteiger partial charge in [0.15, 0.2) is 6.20 Å². The lowest BCUT2D eigenvalue weighted by atomic mass is 9.94. The van der Waals surface area contributed by atoms with Crippen molar-refractivity contribution < 1.29 is 14.5 Å². The van der Waals surface area contributed by atoms with Crippen LogP contribution in [-0.2, 0) is 7.05 Å². The predicted octanol–water partition coefficient (Wildman–Crippen LogP) is 5.82. The Hall–Kier alpha value is -2.61. The molecule has 0 fully saturated rings. The second-order valence-corrected chi connectivity index (χ2v) is 6.83. The van der Waals surface area contributed by atoms with Crippen LogP contribution in [0.2, 0.25) is 0 Å². The van der Waals surface area contributed by atoms with Crippen molar-refractivity contribution in [2.24, 2.45) is 7.05 Å². The number of pyridine rings is 1. The van der Waals surface area contributed by atoms with Crippen LogP contribution in [0.15, 0.2) is 53.1 Å². The molecule has 2 aromatic carbocycles. The third-order valence-corrected chi connectivity index (χ3v) is 4.82. The summed E-state index contributed by atoms with van der Waals surface area (Å²) in [5.74, 6) is -1.05. The third kappa shape index (κ3) is 2.44. The number of para-hydroxylation sites is 1. The third-order valence-electron chi connectivity index (χ3n) is 4.82. The van der Waals surface area contributed by atoms with Gasteiger partial charge in [0, 0.05) is 27.9 Å². The Morgan fingerprint density at radius 3 is 2.64 bits per heavy atom. The molecular weight excluding hydrogens is 306 g/mol. The smallest absolute Gasteiger partial charge is 0.216 e. The molecule has 2 nitrogen and oxygen atoms in total. The number of aromatic nitrogens is 1. The van der Waals surface area contributed by atoms with Crippen molar-refractivity contribution in [2.75, 3.05) is 0 Å². The topological polar surface area (TPSA) is 17.0 Å². The first-order chi connectivity index (χ1) is 13.5. The molecule has 0 saturated carbocycles. The summed E-state index contributed by atoms with van der Waals surface area (Å²) in [7, 11) is 1.84. The zero-order valence-electron chi connectivity index (χ0n) is 19.0. The van der Waals surface area contributed by atoms with Crippen LogP contribution in [-0.4, -0.2) is 0 Å². The van der Waals surface area contributed by atoms with E-state index in [-0.39, 0.29) is 5.56 Å².